The minimum atomic E-state index is -0.0842. The summed E-state index contributed by atoms with van der Waals surface area (Å²) in [6, 6.07) is 5.52. The van der Waals surface area contributed by atoms with E-state index in [4.69, 9.17) is 0 Å². The Morgan fingerprint density at radius 1 is 1.50 bits per heavy atom. The minimum absolute atomic E-state index is 0.0842. The Morgan fingerprint density at radius 2 is 2.17 bits per heavy atom. The molecule has 1 aromatic rings. The fourth-order valence-electron chi connectivity index (χ4n) is 1.35. The van der Waals surface area contributed by atoms with Crippen LogP contribution in [0.3, 0.4) is 0 Å². The second-order valence-corrected chi connectivity index (χ2v) is 4.54. The van der Waals surface area contributed by atoms with Crippen molar-refractivity contribution in [3.63, 3.8) is 0 Å². The Morgan fingerprint density at radius 3 is 2.67 bits per heavy atom. The van der Waals surface area contributed by atoms with Crippen molar-refractivity contribution < 1.29 is 4.39 Å². The van der Waals surface area contributed by atoms with Crippen molar-refractivity contribution in [2.75, 3.05) is 0 Å². The summed E-state index contributed by atoms with van der Waals surface area (Å²) in [6.45, 7) is 1.79. The molecular formula is C10H10BrF. The summed E-state index contributed by atoms with van der Waals surface area (Å²) in [5.41, 5.74) is 1.85. The maximum atomic E-state index is 13.1. The smallest absolute Gasteiger partial charge is 0.126 e. The highest BCUT2D eigenvalue weighted by Gasteiger charge is 2.35. The SMILES string of the molecule is Cc1ccc([C@@H]2C[C@H]2Br)cc1F. The fourth-order valence-corrected chi connectivity index (χ4v) is 2.06. The Labute approximate surface area is 79.9 Å². The van der Waals surface area contributed by atoms with E-state index in [1.165, 1.54) is 0 Å². The monoisotopic (exact) mass is 228 g/mol. The first-order valence-electron chi connectivity index (χ1n) is 4.08. The van der Waals surface area contributed by atoms with E-state index in [0.717, 1.165) is 17.5 Å². The standard InChI is InChI=1S/C10H10BrF/c1-6-2-3-7(4-10(6)12)8-5-9(8)11/h2-4,8-9H,5H2,1H3/t8-,9+/m0/s1. The highest BCUT2D eigenvalue weighted by atomic mass is 79.9. The van der Waals surface area contributed by atoms with Crippen LogP contribution >= 0.6 is 15.9 Å². The first kappa shape index (κ1) is 8.24. The van der Waals surface area contributed by atoms with Crippen LogP contribution in [0, 0.1) is 12.7 Å². The predicted octanol–water partition coefficient (Wildman–Crippen LogP) is 3.38. The number of benzene rings is 1. The summed E-state index contributed by atoms with van der Waals surface area (Å²) >= 11 is 3.51. The van der Waals surface area contributed by atoms with Crippen molar-refractivity contribution in [2.24, 2.45) is 0 Å². The van der Waals surface area contributed by atoms with E-state index in [1.807, 2.05) is 12.1 Å². The molecule has 0 aliphatic heterocycles. The molecule has 1 saturated carbocycles. The fraction of sp³-hybridized carbons (Fsp3) is 0.400. The van der Waals surface area contributed by atoms with E-state index in [1.54, 1.807) is 13.0 Å². The Hall–Kier alpha value is -0.370. The van der Waals surface area contributed by atoms with E-state index in [-0.39, 0.29) is 5.82 Å². The molecule has 1 aliphatic rings. The lowest BCUT2D eigenvalue weighted by molar-refractivity contribution is 0.616. The molecular weight excluding hydrogens is 219 g/mol. The normalized spacial score (nSPS) is 27.2. The van der Waals surface area contributed by atoms with Gasteiger partial charge in [0.2, 0.25) is 0 Å². The van der Waals surface area contributed by atoms with Crippen LogP contribution in [-0.2, 0) is 0 Å². The van der Waals surface area contributed by atoms with Crippen LogP contribution in [0.5, 0.6) is 0 Å². The number of alkyl halides is 1. The maximum absolute atomic E-state index is 13.1. The van der Waals surface area contributed by atoms with Crippen LogP contribution in [0.4, 0.5) is 4.39 Å². The van der Waals surface area contributed by atoms with Gasteiger partial charge in [-0.15, -0.1) is 0 Å². The molecule has 12 heavy (non-hydrogen) atoms. The van der Waals surface area contributed by atoms with Gasteiger partial charge in [0.1, 0.15) is 5.82 Å². The van der Waals surface area contributed by atoms with Gasteiger partial charge in [-0.1, -0.05) is 28.1 Å². The average Bonchev–Trinajstić information content (AvgIpc) is 2.73. The second-order valence-electron chi connectivity index (χ2n) is 3.37. The van der Waals surface area contributed by atoms with Crippen LogP contribution in [-0.4, -0.2) is 4.83 Å². The summed E-state index contributed by atoms with van der Waals surface area (Å²) in [5, 5.41) is 0. The zero-order chi connectivity index (χ0) is 8.72. The number of halogens is 2. The van der Waals surface area contributed by atoms with Crippen molar-refractivity contribution in [3.05, 3.63) is 35.1 Å². The summed E-state index contributed by atoms with van der Waals surface area (Å²) in [7, 11) is 0. The molecule has 2 heteroatoms. The molecule has 0 bridgehead atoms. The molecule has 2 rings (SSSR count). The van der Waals surface area contributed by atoms with Crippen molar-refractivity contribution in [1.82, 2.24) is 0 Å². The molecule has 0 amide bonds. The first-order valence-corrected chi connectivity index (χ1v) is 5.00. The van der Waals surface area contributed by atoms with Gasteiger partial charge in [-0.2, -0.15) is 0 Å². The van der Waals surface area contributed by atoms with Crippen LogP contribution in [0.1, 0.15) is 23.5 Å². The molecule has 0 spiro atoms. The van der Waals surface area contributed by atoms with Gasteiger partial charge in [-0.3, -0.25) is 0 Å². The van der Waals surface area contributed by atoms with Crippen molar-refractivity contribution in [2.45, 2.75) is 24.1 Å². The van der Waals surface area contributed by atoms with Crippen LogP contribution in [0.25, 0.3) is 0 Å². The number of rotatable bonds is 1. The minimum Gasteiger partial charge on any atom is -0.207 e. The van der Waals surface area contributed by atoms with Crippen LogP contribution < -0.4 is 0 Å². The van der Waals surface area contributed by atoms with E-state index in [0.29, 0.717) is 10.7 Å². The van der Waals surface area contributed by atoms with E-state index in [2.05, 4.69) is 15.9 Å². The van der Waals surface area contributed by atoms with E-state index in [9.17, 15) is 4.39 Å². The Balaban J connectivity index is 2.29. The topological polar surface area (TPSA) is 0 Å². The molecule has 0 unspecified atom stereocenters. The summed E-state index contributed by atoms with van der Waals surface area (Å²) in [5.74, 6) is 0.458. The lowest BCUT2D eigenvalue weighted by atomic mass is 10.1. The van der Waals surface area contributed by atoms with E-state index >= 15 is 0 Å². The molecule has 0 aromatic heterocycles. The number of hydrogen-bond donors (Lipinski definition) is 0. The van der Waals surface area contributed by atoms with Gasteiger partial charge in [-0.05, 0) is 36.5 Å². The van der Waals surface area contributed by atoms with Gasteiger partial charge in [0.25, 0.3) is 0 Å². The van der Waals surface area contributed by atoms with Gasteiger partial charge < -0.3 is 0 Å². The molecule has 1 aliphatic carbocycles. The van der Waals surface area contributed by atoms with Gasteiger partial charge >= 0.3 is 0 Å². The third-order valence-electron chi connectivity index (χ3n) is 2.34. The quantitative estimate of drug-likeness (QED) is 0.647. The van der Waals surface area contributed by atoms with Gasteiger partial charge in [0.05, 0.1) is 0 Å². The molecule has 0 radical (unpaired) electrons. The molecule has 1 aromatic carbocycles. The largest absolute Gasteiger partial charge is 0.207 e. The third kappa shape index (κ3) is 1.40. The Kier molecular flexibility index (Phi) is 1.95. The highest BCUT2D eigenvalue weighted by molar-refractivity contribution is 9.09. The zero-order valence-corrected chi connectivity index (χ0v) is 8.44. The lowest BCUT2D eigenvalue weighted by Gasteiger charge is -2.00. The summed E-state index contributed by atoms with van der Waals surface area (Å²) in [4.78, 5) is 0.569. The highest BCUT2D eigenvalue weighted by Crippen LogP contribution is 2.46. The Bertz CT molecular complexity index is 309. The first-order chi connectivity index (χ1) is 5.68. The van der Waals surface area contributed by atoms with Gasteiger partial charge in [0.15, 0.2) is 0 Å². The number of aryl methyl sites for hydroxylation is 1. The second kappa shape index (κ2) is 2.84. The zero-order valence-electron chi connectivity index (χ0n) is 6.85. The third-order valence-corrected chi connectivity index (χ3v) is 3.35. The predicted molar refractivity (Wildman–Crippen MR) is 51.2 cm³/mol. The molecule has 0 nitrogen and oxygen atoms in total. The summed E-state index contributed by atoms with van der Waals surface area (Å²) in [6.07, 6.45) is 1.14. The van der Waals surface area contributed by atoms with E-state index < -0.39 is 0 Å². The molecule has 1 fully saturated rings. The molecule has 0 saturated heterocycles. The van der Waals surface area contributed by atoms with Gasteiger partial charge in [0, 0.05) is 4.83 Å². The summed E-state index contributed by atoms with van der Waals surface area (Å²) < 4.78 is 13.1. The van der Waals surface area contributed by atoms with Crippen LogP contribution in [0.15, 0.2) is 18.2 Å². The lowest BCUT2D eigenvalue weighted by Crippen LogP contribution is -1.87. The molecule has 2 atom stereocenters. The molecule has 0 N–H and O–H groups in total. The maximum Gasteiger partial charge on any atom is 0.126 e. The van der Waals surface area contributed by atoms with Gasteiger partial charge in [-0.25, -0.2) is 4.39 Å². The molecule has 64 valence electrons. The van der Waals surface area contributed by atoms with Crippen molar-refractivity contribution >= 4 is 15.9 Å². The van der Waals surface area contributed by atoms with Crippen molar-refractivity contribution in [3.8, 4) is 0 Å². The van der Waals surface area contributed by atoms with Crippen LogP contribution in [0.2, 0.25) is 0 Å². The molecule has 0 heterocycles. The van der Waals surface area contributed by atoms with Crippen molar-refractivity contribution in [1.29, 1.82) is 0 Å². The average molecular weight is 229 g/mol. The number of hydrogen-bond acceptors (Lipinski definition) is 0.